The Kier molecular flexibility index (Phi) is 3.98. The first kappa shape index (κ1) is 12.8. The number of rotatable bonds is 4. The Bertz CT molecular complexity index is 352. The molecule has 0 N–H and O–H groups in total. The van der Waals surface area contributed by atoms with Gasteiger partial charge in [-0.3, -0.25) is 0 Å². The van der Waals surface area contributed by atoms with E-state index < -0.39 is 0 Å². The van der Waals surface area contributed by atoms with Gasteiger partial charge in [0.2, 0.25) is 0 Å². The van der Waals surface area contributed by atoms with Gasteiger partial charge in [0.25, 0.3) is 0 Å². The molecule has 1 aliphatic carbocycles. The number of alkyl halides is 1. The van der Waals surface area contributed by atoms with Gasteiger partial charge in [-0.05, 0) is 42.9 Å². The van der Waals surface area contributed by atoms with Gasteiger partial charge in [-0.1, -0.05) is 31.9 Å². The second-order valence-electron chi connectivity index (χ2n) is 5.23. The molecule has 2 rings (SSSR count). The van der Waals surface area contributed by atoms with E-state index in [2.05, 4.69) is 19.1 Å². The van der Waals surface area contributed by atoms with E-state index in [-0.39, 0.29) is 10.8 Å². The smallest absolute Gasteiger partial charge is 0.119 e. The van der Waals surface area contributed by atoms with Crippen LogP contribution in [-0.2, 0) is 0 Å². The van der Waals surface area contributed by atoms with Gasteiger partial charge >= 0.3 is 0 Å². The van der Waals surface area contributed by atoms with E-state index in [0.29, 0.717) is 6.61 Å². The van der Waals surface area contributed by atoms with Crippen molar-refractivity contribution in [1.29, 1.82) is 0 Å². The average Bonchev–Trinajstić information content (AvgIpc) is 2.78. The summed E-state index contributed by atoms with van der Waals surface area (Å²) in [7, 11) is 0. The largest absolute Gasteiger partial charge is 0.494 e. The van der Waals surface area contributed by atoms with E-state index in [9.17, 15) is 0 Å². The average molecular weight is 253 g/mol. The lowest BCUT2D eigenvalue weighted by Crippen LogP contribution is -2.17. The summed E-state index contributed by atoms with van der Waals surface area (Å²) in [5.41, 5.74) is 1.49. The summed E-state index contributed by atoms with van der Waals surface area (Å²) in [6.07, 6.45) is 5.12. The van der Waals surface area contributed by atoms with Crippen LogP contribution in [0.15, 0.2) is 24.3 Å². The van der Waals surface area contributed by atoms with Gasteiger partial charge < -0.3 is 4.74 Å². The highest BCUT2D eigenvalue weighted by Gasteiger charge is 2.36. The first-order valence-electron chi connectivity index (χ1n) is 6.52. The molecule has 17 heavy (non-hydrogen) atoms. The van der Waals surface area contributed by atoms with E-state index >= 15 is 0 Å². The van der Waals surface area contributed by atoms with E-state index in [1.807, 2.05) is 19.1 Å². The molecule has 0 amide bonds. The molecule has 0 heterocycles. The number of hydrogen-bond donors (Lipinski definition) is 0. The van der Waals surface area contributed by atoms with Crippen molar-refractivity contribution in [2.75, 3.05) is 6.61 Å². The summed E-state index contributed by atoms with van der Waals surface area (Å²) >= 11 is 6.64. The van der Waals surface area contributed by atoms with Gasteiger partial charge in [-0.15, -0.1) is 11.6 Å². The van der Waals surface area contributed by atoms with Crippen molar-refractivity contribution in [3.8, 4) is 5.75 Å². The van der Waals surface area contributed by atoms with Gasteiger partial charge in [-0.2, -0.15) is 0 Å². The maximum absolute atomic E-state index is 6.64. The first-order valence-corrected chi connectivity index (χ1v) is 6.96. The highest BCUT2D eigenvalue weighted by molar-refractivity contribution is 6.21. The standard InChI is InChI=1S/C15H21ClO/c1-3-17-13-8-6-12(7-9-13)14(16)15(2)10-4-5-11-15/h6-9,14H,3-5,10-11H2,1-2H3. The summed E-state index contributed by atoms with van der Waals surface area (Å²) in [5, 5.41) is 0.126. The van der Waals surface area contributed by atoms with Gasteiger partial charge in [-0.25, -0.2) is 0 Å². The van der Waals surface area contributed by atoms with Crippen LogP contribution >= 0.6 is 11.6 Å². The van der Waals surface area contributed by atoms with Crippen molar-refractivity contribution in [2.45, 2.75) is 44.9 Å². The Morgan fingerprint density at radius 2 is 1.82 bits per heavy atom. The van der Waals surface area contributed by atoms with Crippen LogP contribution in [0.5, 0.6) is 5.75 Å². The minimum Gasteiger partial charge on any atom is -0.494 e. The summed E-state index contributed by atoms with van der Waals surface area (Å²) in [4.78, 5) is 0. The normalized spacial score (nSPS) is 20.2. The van der Waals surface area contributed by atoms with E-state index in [1.165, 1.54) is 31.2 Å². The molecule has 1 aliphatic rings. The zero-order chi connectivity index (χ0) is 12.3. The predicted molar refractivity (Wildman–Crippen MR) is 72.8 cm³/mol. The zero-order valence-corrected chi connectivity index (χ0v) is 11.5. The van der Waals surface area contributed by atoms with E-state index in [1.54, 1.807) is 0 Å². The fourth-order valence-corrected chi connectivity index (χ4v) is 3.10. The highest BCUT2D eigenvalue weighted by atomic mass is 35.5. The third-order valence-corrected chi connectivity index (χ3v) is 4.62. The fourth-order valence-electron chi connectivity index (χ4n) is 2.74. The maximum Gasteiger partial charge on any atom is 0.119 e. The number of ether oxygens (including phenoxy) is 1. The van der Waals surface area contributed by atoms with Crippen LogP contribution in [0.3, 0.4) is 0 Å². The number of benzene rings is 1. The van der Waals surface area contributed by atoms with Crippen LogP contribution in [0.4, 0.5) is 0 Å². The molecule has 1 aromatic rings. The summed E-state index contributed by atoms with van der Waals surface area (Å²) in [6.45, 7) is 5.02. The molecule has 0 radical (unpaired) electrons. The minimum atomic E-state index is 0.126. The molecule has 1 aromatic carbocycles. The lowest BCUT2D eigenvalue weighted by Gasteiger charge is -2.29. The van der Waals surface area contributed by atoms with Crippen LogP contribution in [0.2, 0.25) is 0 Å². The molecule has 1 atom stereocenters. The molecule has 2 heteroatoms. The van der Waals surface area contributed by atoms with Crippen LogP contribution in [-0.4, -0.2) is 6.61 Å². The molecule has 1 fully saturated rings. The van der Waals surface area contributed by atoms with E-state index in [0.717, 1.165) is 5.75 Å². The van der Waals surface area contributed by atoms with Crippen LogP contribution < -0.4 is 4.74 Å². The van der Waals surface area contributed by atoms with Gasteiger partial charge in [0.15, 0.2) is 0 Å². The van der Waals surface area contributed by atoms with Crippen molar-refractivity contribution in [1.82, 2.24) is 0 Å². The summed E-state index contributed by atoms with van der Waals surface area (Å²) in [5.74, 6) is 0.927. The molecule has 0 aromatic heterocycles. The minimum absolute atomic E-state index is 0.126. The SMILES string of the molecule is CCOc1ccc(C(Cl)C2(C)CCCC2)cc1. The number of hydrogen-bond acceptors (Lipinski definition) is 1. The highest BCUT2D eigenvalue weighted by Crippen LogP contribution is 2.50. The molecule has 1 saturated carbocycles. The third-order valence-electron chi connectivity index (χ3n) is 3.84. The van der Waals surface area contributed by atoms with Crippen molar-refractivity contribution in [3.05, 3.63) is 29.8 Å². The summed E-state index contributed by atoms with van der Waals surface area (Å²) in [6, 6.07) is 8.25. The van der Waals surface area contributed by atoms with Crippen LogP contribution in [0.1, 0.15) is 50.5 Å². The monoisotopic (exact) mass is 252 g/mol. The third kappa shape index (κ3) is 2.77. The topological polar surface area (TPSA) is 9.23 Å². The second-order valence-corrected chi connectivity index (χ2v) is 5.66. The van der Waals surface area contributed by atoms with Crippen LogP contribution in [0, 0.1) is 5.41 Å². The van der Waals surface area contributed by atoms with Gasteiger partial charge in [0.05, 0.1) is 12.0 Å². The molecular weight excluding hydrogens is 232 g/mol. The van der Waals surface area contributed by atoms with Gasteiger partial charge in [0, 0.05) is 0 Å². The van der Waals surface area contributed by atoms with Crippen molar-refractivity contribution >= 4 is 11.6 Å². The quantitative estimate of drug-likeness (QED) is 0.690. The number of halogens is 1. The Morgan fingerprint density at radius 1 is 1.24 bits per heavy atom. The fraction of sp³-hybridized carbons (Fsp3) is 0.600. The van der Waals surface area contributed by atoms with Gasteiger partial charge in [0.1, 0.15) is 5.75 Å². The maximum atomic E-state index is 6.64. The molecule has 0 bridgehead atoms. The zero-order valence-electron chi connectivity index (χ0n) is 10.7. The molecule has 1 nitrogen and oxygen atoms in total. The summed E-state index contributed by atoms with van der Waals surface area (Å²) < 4.78 is 5.45. The van der Waals surface area contributed by atoms with E-state index in [4.69, 9.17) is 16.3 Å². The molecule has 0 saturated heterocycles. The molecule has 0 spiro atoms. The van der Waals surface area contributed by atoms with Crippen molar-refractivity contribution < 1.29 is 4.74 Å². The molecule has 1 unspecified atom stereocenters. The Labute approximate surface area is 109 Å². The molecule has 94 valence electrons. The second kappa shape index (κ2) is 5.30. The molecule has 0 aliphatic heterocycles. The molecular formula is C15H21ClO. The Morgan fingerprint density at radius 3 is 2.35 bits per heavy atom. The van der Waals surface area contributed by atoms with Crippen molar-refractivity contribution in [2.24, 2.45) is 5.41 Å². The lowest BCUT2D eigenvalue weighted by molar-refractivity contribution is 0.320. The Hall–Kier alpha value is -0.690. The lowest BCUT2D eigenvalue weighted by atomic mass is 9.81. The predicted octanol–water partition coefficient (Wildman–Crippen LogP) is 4.95. The Balaban J connectivity index is 2.11. The van der Waals surface area contributed by atoms with Crippen LogP contribution in [0.25, 0.3) is 0 Å². The van der Waals surface area contributed by atoms with Crippen molar-refractivity contribution in [3.63, 3.8) is 0 Å². The first-order chi connectivity index (χ1) is 8.15.